The van der Waals surface area contributed by atoms with Crippen LogP contribution in [0.3, 0.4) is 0 Å². The Kier molecular flexibility index (Phi) is 6.80. The van der Waals surface area contributed by atoms with Crippen LogP contribution >= 0.6 is 0 Å². The second-order valence-electron chi connectivity index (χ2n) is 5.44. The van der Waals surface area contributed by atoms with Crippen molar-refractivity contribution >= 4 is 12.0 Å². The number of carboxylic acids is 1. The molecule has 2 atom stereocenters. The molecule has 0 bridgehead atoms. The molecule has 1 rings (SSSR count). The van der Waals surface area contributed by atoms with Crippen LogP contribution in [0.25, 0.3) is 0 Å². The van der Waals surface area contributed by atoms with Crippen LogP contribution < -0.4 is 10.6 Å². The molecule has 0 aromatic heterocycles. The number of halogens is 2. The molecule has 3 N–H and O–H groups in total. The first-order chi connectivity index (χ1) is 9.85. The third-order valence-electron chi connectivity index (χ3n) is 3.54. The Morgan fingerprint density at radius 2 is 2.19 bits per heavy atom. The maximum atomic E-state index is 11.8. The highest BCUT2D eigenvalue weighted by Crippen LogP contribution is 2.32. The number of hydrogen-bond acceptors (Lipinski definition) is 3. The number of nitrogens with one attached hydrogen (secondary N) is 2. The van der Waals surface area contributed by atoms with E-state index in [0.717, 1.165) is 12.8 Å². The number of amides is 2. The normalized spacial score (nSPS) is 25.6. The zero-order chi connectivity index (χ0) is 15.9. The second kappa shape index (κ2) is 8.11. The lowest BCUT2D eigenvalue weighted by Crippen LogP contribution is -2.59. The van der Waals surface area contributed by atoms with Crippen molar-refractivity contribution in [1.29, 1.82) is 0 Å². The molecular formula is C13H22F2N2O4. The lowest BCUT2D eigenvalue weighted by molar-refractivity contribution is -0.146. The maximum Gasteiger partial charge on any atom is 0.329 e. The molecule has 0 aromatic rings. The molecule has 2 amide bonds. The van der Waals surface area contributed by atoms with Gasteiger partial charge in [0.05, 0.1) is 6.61 Å². The largest absolute Gasteiger partial charge is 0.480 e. The summed E-state index contributed by atoms with van der Waals surface area (Å²) in [6.07, 6.45) is -0.0807. The van der Waals surface area contributed by atoms with Gasteiger partial charge in [-0.3, -0.25) is 0 Å². The third kappa shape index (κ3) is 5.82. The fraction of sp³-hybridized carbons (Fsp3) is 0.846. The molecule has 0 heterocycles. The van der Waals surface area contributed by atoms with E-state index in [4.69, 9.17) is 0 Å². The van der Waals surface area contributed by atoms with Gasteiger partial charge in [0.2, 0.25) is 0 Å². The number of hydrogen-bond donors (Lipinski definition) is 3. The first-order valence-corrected chi connectivity index (χ1v) is 7.01. The van der Waals surface area contributed by atoms with Crippen LogP contribution in [-0.4, -0.2) is 48.8 Å². The molecule has 0 saturated heterocycles. The van der Waals surface area contributed by atoms with Gasteiger partial charge in [0, 0.05) is 6.54 Å². The lowest BCUT2D eigenvalue weighted by Gasteiger charge is -2.36. The van der Waals surface area contributed by atoms with Gasteiger partial charge in [0.1, 0.15) is 12.1 Å². The van der Waals surface area contributed by atoms with Crippen molar-refractivity contribution in [2.24, 2.45) is 5.92 Å². The van der Waals surface area contributed by atoms with Crippen molar-refractivity contribution in [3.63, 3.8) is 0 Å². The van der Waals surface area contributed by atoms with Gasteiger partial charge in [0.25, 0.3) is 6.43 Å². The first kappa shape index (κ1) is 17.6. The molecule has 0 aliphatic heterocycles. The summed E-state index contributed by atoms with van der Waals surface area (Å²) in [6.45, 7) is 1.27. The summed E-state index contributed by atoms with van der Waals surface area (Å²) < 4.78 is 28.2. The van der Waals surface area contributed by atoms with Crippen LogP contribution in [0.5, 0.6) is 0 Å². The number of rotatable bonds is 7. The van der Waals surface area contributed by atoms with Gasteiger partial charge in [-0.2, -0.15) is 0 Å². The highest BCUT2D eigenvalue weighted by atomic mass is 19.3. The summed E-state index contributed by atoms with van der Waals surface area (Å²) >= 11 is 0. The molecule has 8 heteroatoms. The highest BCUT2D eigenvalue weighted by molar-refractivity contribution is 5.86. The molecule has 0 radical (unpaired) electrons. The van der Waals surface area contributed by atoms with E-state index >= 15 is 0 Å². The first-order valence-electron chi connectivity index (χ1n) is 7.01. The van der Waals surface area contributed by atoms with Crippen molar-refractivity contribution in [1.82, 2.24) is 10.6 Å². The maximum absolute atomic E-state index is 11.8. The van der Waals surface area contributed by atoms with E-state index in [1.165, 1.54) is 0 Å². The Balaban J connectivity index is 2.38. The van der Waals surface area contributed by atoms with Gasteiger partial charge in [0.15, 0.2) is 0 Å². The Labute approximate surface area is 122 Å². The molecule has 1 aliphatic carbocycles. The summed E-state index contributed by atoms with van der Waals surface area (Å²) in [5, 5.41) is 14.3. The number of urea groups is 1. The molecular weight excluding hydrogens is 286 g/mol. The molecule has 122 valence electrons. The van der Waals surface area contributed by atoms with E-state index in [9.17, 15) is 23.5 Å². The quantitative estimate of drug-likeness (QED) is 0.623. The Bertz CT molecular complexity index is 368. The summed E-state index contributed by atoms with van der Waals surface area (Å²) in [6, 6.07) is -0.618. The number of ether oxygens (including phenoxy) is 1. The standard InChI is InChI=1S/C13H22F2N2O4/c1-9-3-2-4-13(7-9,11(18)19)17-12(20)16-5-6-21-8-10(14)15/h9-10H,2-8H2,1H3,(H,18,19)(H2,16,17,20). The van der Waals surface area contributed by atoms with Gasteiger partial charge < -0.3 is 20.5 Å². The number of carbonyl (C=O) groups is 2. The van der Waals surface area contributed by atoms with E-state index in [0.29, 0.717) is 12.8 Å². The smallest absolute Gasteiger partial charge is 0.329 e. The monoisotopic (exact) mass is 308 g/mol. The molecule has 2 unspecified atom stereocenters. The lowest BCUT2D eigenvalue weighted by atomic mass is 9.76. The molecule has 6 nitrogen and oxygen atoms in total. The molecule has 1 saturated carbocycles. The fourth-order valence-electron chi connectivity index (χ4n) is 2.58. The predicted octanol–water partition coefficient (Wildman–Crippen LogP) is 1.60. The SMILES string of the molecule is CC1CCCC(NC(=O)NCCOCC(F)F)(C(=O)O)C1. The summed E-state index contributed by atoms with van der Waals surface area (Å²) in [7, 11) is 0. The predicted molar refractivity (Wildman–Crippen MR) is 71.4 cm³/mol. The van der Waals surface area contributed by atoms with E-state index in [1.54, 1.807) is 0 Å². The average molecular weight is 308 g/mol. The fourth-order valence-corrected chi connectivity index (χ4v) is 2.58. The summed E-state index contributed by atoms with van der Waals surface area (Å²) in [4.78, 5) is 23.2. The number of aliphatic carboxylic acids is 1. The summed E-state index contributed by atoms with van der Waals surface area (Å²) in [5.74, 6) is -0.817. The van der Waals surface area contributed by atoms with Crippen LogP contribution in [-0.2, 0) is 9.53 Å². The molecule has 1 aliphatic rings. The van der Waals surface area contributed by atoms with Crippen LogP contribution in [0.4, 0.5) is 13.6 Å². The average Bonchev–Trinajstić information content (AvgIpc) is 2.37. The van der Waals surface area contributed by atoms with Crippen molar-refractivity contribution in [3.05, 3.63) is 0 Å². The van der Waals surface area contributed by atoms with Gasteiger partial charge >= 0.3 is 12.0 Å². The van der Waals surface area contributed by atoms with Crippen LogP contribution in [0.2, 0.25) is 0 Å². The van der Waals surface area contributed by atoms with Gasteiger partial charge in [-0.15, -0.1) is 0 Å². The van der Waals surface area contributed by atoms with Gasteiger partial charge in [-0.05, 0) is 18.8 Å². The Morgan fingerprint density at radius 3 is 2.76 bits per heavy atom. The molecule has 21 heavy (non-hydrogen) atoms. The third-order valence-corrected chi connectivity index (χ3v) is 3.54. The minimum Gasteiger partial charge on any atom is -0.480 e. The van der Waals surface area contributed by atoms with Crippen LogP contribution in [0.15, 0.2) is 0 Å². The van der Waals surface area contributed by atoms with Crippen molar-refractivity contribution < 1.29 is 28.2 Å². The van der Waals surface area contributed by atoms with Crippen LogP contribution in [0.1, 0.15) is 32.6 Å². The van der Waals surface area contributed by atoms with E-state index in [2.05, 4.69) is 15.4 Å². The highest BCUT2D eigenvalue weighted by Gasteiger charge is 2.43. The zero-order valence-corrected chi connectivity index (χ0v) is 12.0. The van der Waals surface area contributed by atoms with E-state index in [1.807, 2.05) is 6.92 Å². The van der Waals surface area contributed by atoms with Crippen LogP contribution in [0, 0.1) is 5.92 Å². The minimum absolute atomic E-state index is 0.0454. The second-order valence-corrected chi connectivity index (χ2v) is 5.44. The van der Waals surface area contributed by atoms with Gasteiger partial charge in [-0.1, -0.05) is 19.8 Å². The molecule has 0 spiro atoms. The Hall–Kier alpha value is -1.44. The van der Waals surface area contributed by atoms with Crippen molar-refractivity contribution in [2.75, 3.05) is 19.8 Å². The number of carboxylic acid groups (broad SMARTS) is 1. The van der Waals surface area contributed by atoms with E-state index < -0.39 is 30.6 Å². The Morgan fingerprint density at radius 1 is 1.48 bits per heavy atom. The minimum atomic E-state index is -2.54. The summed E-state index contributed by atoms with van der Waals surface area (Å²) in [5.41, 5.74) is -1.24. The zero-order valence-electron chi connectivity index (χ0n) is 12.0. The number of alkyl halides is 2. The topological polar surface area (TPSA) is 87.7 Å². The number of carbonyl (C=O) groups excluding carboxylic acids is 1. The van der Waals surface area contributed by atoms with Crippen molar-refractivity contribution in [2.45, 2.75) is 44.6 Å². The van der Waals surface area contributed by atoms with Gasteiger partial charge in [-0.25, -0.2) is 18.4 Å². The van der Waals surface area contributed by atoms with Crippen molar-refractivity contribution in [3.8, 4) is 0 Å². The molecule has 1 fully saturated rings. The van der Waals surface area contributed by atoms with E-state index in [-0.39, 0.29) is 19.1 Å². The molecule has 0 aromatic carbocycles.